The fourth-order valence-electron chi connectivity index (χ4n) is 6.24. The van der Waals surface area contributed by atoms with E-state index in [0.717, 1.165) is 35.8 Å². The van der Waals surface area contributed by atoms with Gasteiger partial charge in [0.15, 0.2) is 11.5 Å². The molecule has 4 aliphatic carbocycles. The van der Waals surface area contributed by atoms with Gasteiger partial charge in [-0.15, -0.1) is 10.2 Å². The first-order valence-corrected chi connectivity index (χ1v) is 9.94. The predicted molar refractivity (Wildman–Crippen MR) is 98.5 cm³/mol. The van der Waals surface area contributed by atoms with Crippen LogP contribution in [0, 0.1) is 23.2 Å². The van der Waals surface area contributed by atoms with Crippen LogP contribution < -0.4 is 10.6 Å². The van der Waals surface area contributed by atoms with Crippen LogP contribution in [0.1, 0.15) is 57.3 Å². The van der Waals surface area contributed by atoms with Gasteiger partial charge in [0.1, 0.15) is 0 Å². The molecular formula is C20H27N5O. The topological polar surface area (TPSA) is 71.3 Å². The molecule has 4 saturated carbocycles. The molecule has 2 aromatic heterocycles. The van der Waals surface area contributed by atoms with Crippen LogP contribution in [0.3, 0.4) is 0 Å². The first-order valence-electron chi connectivity index (χ1n) is 9.94. The molecule has 1 unspecified atom stereocenters. The van der Waals surface area contributed by atoms with E-state index in [1.807, 2.05) is 35.7 Å². The fourth-order valence-corrected chi connectivity index (χ4v) is 6.24. The van der Waals surface area contributed by atoms with Gasteiger partial charge in [0.2, 0.25) is 0 Å². The number of rotatable bonds is 4. The van der Waals surface area contributed by atoms with E-state index in [4.69, 9.17) is 0 Å². The van der Waals surface area contributed by atoms with E-state index in [1.165, 1.54) is 38.5 Å². The number of urea groups is 1. The van der Waals surface area contributed by atoms with Crippen molar-refractivity contribution in [2.24, 2.45) is 23.2 Å². The van der Waals surface area contributed by atoms with Crippen LogP contribution in [0.5, 0.6) is 0 Å². The Morgan fingerprint density at radius 1 is 1.19 bits per heavy atom. The first kappa shape index (κ1) is 16.1. The van der Waals surface area contributed by atoms with Crippen LogP contribution in [0.2, 0.25) is 0 Å². The summed E-state index contributed by atoms with van der Waals surface area (Å²) in [5.41, 5.74) is 1.15. The van der Waals surface area contributed by atoms with Crippen molar-refractivity contribution in [3.63, 3.8) is 0 Å². The van der Waals surface area contributed by atoms with Crippen molar-refractivity contribution < 1.29 is 4.79 Å². The monoisotopic (exact) mass is 353 g/mol. The molecule has 2 N–H and O–H groups in total. The second kappa shape index (κ2) is 5.96. The SMILES string of the molecule is CC(NC(=O)NCC12CC3CC(CC(C3)C1)C2)c1nnc2ccccn12. The lowest BCUT2D eigenvalue weighted by atomic mass is 9.49. The summed E-state index contributed by atoms with van der Waals surface area (Å²) in [5.74, 6) is 3.48. The third-order valence-corrected chi connectivity index (χ3v) is 6.86. The van der Waals surface area contributed by atoms with Crippen LogP contribution in [0.4, 0.5) is 4.79 Å². The zero-order valence-electron chi connectivity index (χ0n) is 15.3. The number of amides is 2. The molecular weight excluding hydrogens is 326 g/mol. The highest BCUT2D eigenvalue weighted by atomic mass is 16.2. The molecule has 0 aromatic carbocycles. The first-order chi connectivity index (χ1) is 12.6. The number of carbonyl (C=O) groups excluding carboxylic acids is 1. The van der Waals surface area contributed by atoms with E-state index >= 15 is 0 Å². The molecule has 6 nitrogen and oxygen atoms in total. The molecule has 6 heteroatoms. The van der Waals surface area contributed by atoms with E-state index in [-0.39, 0.29) is 12.1 Å². The van der Waals surface area contributed by atoms with E-state index in [2.05, 4.69) is 20.8 Å². The molecule has 26 heavy (non-hydrogen) atoms. The van der Waals surface area contributed by atoms with Gasteiger partial charge in [-0.05, 0) is 80.8 Å². The molecule has 4 bridgehead atoms. The molecule has 138 valence electrons. The Bertz CT molecular complexity index is 793. The normalized spacial score (nSPS) is 33.3. The van der Waals surface area contributed by atoms with Crippen molar-refractivity contribution in [2.45, 2.75) is 51.5 Å². The zero-order chi connectivity index (χ0) is 17.7. The van der Waals surface area contributed by atoms with Gasteiger partial charge in [-0.3, -0.25) is 4.40 Å². The number of aromatic nitrogens is 3. The molecule has 2 heterocycles. The van der Waals surface area contributed by atoms with Gasteiger partial charge in [-0.1, -0.05) is 6.07 Å². The Morgan fingerprint density at radius 3 is 2.58 bits per heavy atom. The maximum atomic E-state index is 12.5. The average molecular weight is 353 g/mol. The van der Waals surface area contributed by atoms with Gasteiger partial charge in [0.05, 0.1) is 6.04 Å². The minimum Gasteiger partial charge on any atom is -0.338 e. The Hall–Kier alpha value is -2.11. The molecule has 2 amide bonds. The average Bonchev–Trinajstić information content (AvgIpc) is 3.03. The summed E-state index contributed by atoms with van der Waals surface area (Å²) in [6.07, 6.45) is 10.2. The standard InChI is InChI=1S/C20H27N5O/c1-13(18-24-23-17-4-2-3-5-25(17)18)22-19(26)21-12-20-9-14-6-15(10-20)8-16(7-14)11-20/h2-5,13-16H,6-12H2,1H3,(H2,21,22,26). The molecule has 4 fully saturated rings. The third-order valence-electron chi connectivity index (χ3n) is 6.86. The number of nitrogens with zero attached hydrogens (tertiary/aromatic N) is 3. The quantitative estimate of drug-likeness (QED) is 0.886. The van der Waals surface area contributed by atoms with E-state index in [1.54, 1.807) is 0 Å². The van der Waals surface area contributed by atoms with Crippen molar-refractivity contribution in [3.8, 4) is 0 Å². The van der Waals surface area contributed by atoms with Gasteiger partial charge in [-0.25, -0.2) is 4.79 Å². The molecule has 0 aliphatic heterocycles. The maximum absolute atomic E-state index is 12.5. The zero-order valence-corrected chi connectivity index (χ0v) is 15.3. The molecule has 6 rings (SSSR count). The molecule has 4 aliphatic rings. The summed E-state index contributed by atoms with van der Waals surface area (Å²) < 4.78 is 1.92. The molecule has 0 radical (unpaired) electrons. The van der Waals surface area contributed by atoms with Gasteiger partial charge in [0, 0.05) is 12.7 Å². The minimum atomic E-state index is -0.191. The summed E-state index contributed by atoms with van der Waals surface area (Å²) >= 11 is 0. The summed E-state index contributed by atoms with van der Waals surface area (Å²) in [7, 11) is 0. The highest BCUT2D eigenvalue weighted by Crippen LogP contribution is 2.59. The van der Waals surface area contributed by atoms with E-state index < -0.39 is 0 Å². The Kier molecular flexibility index (Phi) is 3.69. The van der Waals surface area contributed by atoms with Crippen LogP contribution in [0.25, 0.3) is 5.65 Å². The van der Waals surface area contributed by atoms with Crippen molar-refractivity contribution >= 4 is 11.7 Å². The Balaban J connectivity index is 1.21. The van der Waals surface area contributed by atoms with Gasteiger partial charge >= 0.3 is 6.03 Å². The van der Waals surface area contributed by atoms with Crippen molar-refractivity contribution in [2.75, 3.05) is 6.54 Å². The van der Waals surface area contributed by atoms with Gasteiger partial charge < -0.3 is 10.6 Å². The number of hydrogen-bond acceptors (Lipinski definition) is 3. The van der Waals surface area contributed by atoms with Crippen molar-refractivity contribution in [1.82, 2.24) is 25.2 Å². The highest BCUT2D eigenvalue weighted by molar-refractivity contribution is 5.74. The van der Waals surface area contributed by atoms with Gasteiger partial charge in [0.25, 0.3) is 0 Å². The second-order valence-electron chi connectivity index (χ2n) is 8.95. The fraction of sp³-hybridized carbons (Fsp3) is 0.650. The maximum Gasteiger partial charge on any atom is 0.315 e. The minimum absolute atomic E-state index is 0.0964. The largest absolute Gasteiger partial charge is 0.338 e. The summed E-state index contributed by atoms with van der Waals surface area (Å²) in [6, 6.07) is 5.50. The summed E-state index contributed by atoms with van der Waals surface area (Å²) in [5, 5.41) is 14.6. The number of nitrogens with one attached hydrogen (secondary N) is 2. The lowest BCUT2D eigenvalue weighted by molar-refractivity contribution is -0.0498. The number of hydrogen-bond donors (Lipinski definition) is 2. The van der Waals surface area contributed by atoms with E-state index in [9.17, 15) is 4.79 Å². The third kappa shape index (κ3) is 2.75. The lowest BCUT2D eigenvalue weighted by Crippen LogP contribution is -2.52. The molecule has 0 saturated heterocycles. The molecule has 2 aromatic rings. The predicted octanol–water partition coefficient (Wildman–Crippen LogP) is 3.31. The summed E-state index contributed by atoms with van der Waals surface area (Å²) in [4.78, 5) is 12.5. The van der Waals surface area contributed by atoms with Gasteiger partial charge in [-0.2, -0.15) is 0 Å². The number of carbonyl (C=O) groups is 1. The number of pyridine rings is 1. The second-order valence-corrected chi connectivity index (χ2v) is 8.95. The summed E-state index contributed by atoms with van der Waals surface area (Å²) in [6.45, 7) is 2.77. The van der Waals surface area contributed by atoms with Crippen LogP contribution >= 0.6 is 0 Å². The Morgan fingerprint density at radius 2 is 1.88 bits per heavy atom. The van der Waals surface area contributed by atoms with Crippen molar-refractivity contribution in [3.05, 3.63) is 30.2 Å². The van der Waals surface area contributed by atoms with Crippen LogP contribution in [-0.2, 0) is 0 Å². The molecule has 1 atom stereocenters. The van der Waals surface area contributed by atoms with E-state index in [0.29, 0.717) is 5.41 Å². The lowest BCUT2D eigenvalue weighted by Gasteiger charge is -2.56. The van der Waals surface area contributed by atoms with Crippen LogP contribution in [0.15, 0.2) is 24.4 Å². The smallest absolute Gasteiger partial charge is 0.315 e. The number of fused-ring (bicyclic) bond motifs is 1. The van der Waals surface area contributed by atoms with Crippen molar-refractivity contribution in [1.29, 1.82) is 0 Å². The Labute approximate surface area is 153 Å². The van der Waals surface area contributed by atoms with Crippen LogP contribution in [-0.4, -0.2) is 27.2 Å². The molecule has 0 spiro atoms. The highest BCUT2D eigenvalue weighted by Gasteiger charge is 2.50.